The molecule has 0 bridgehead atoms. The van der Waals surface area contributed by atoms with Crippen LogP contribution in [0.15, 0.2) is 114 Å². The van der Waals surface area contributed by atoms with Gasteiger partial charge in [0.15, 0.2) is 0 Å². The maximum atomic E-state index is 13.3. The van der Waals surface area contributed by atoms with E-state index in [1.807, 2.05) is 0 Å². The van der Waals surface area contributed by atoms with Crippen LogP contribution in [0.3, 0.4) is 0 Å². The summed E-state index contributed by atoms with van der Waals surface area (Å²) in [7, 11) is 1.52. The maximum Gasteiger partial charge on any atom is 0.272 e. The van der Waals surface area contributed by atoms with Gasteiger partial charge in [0.2, 0.25) is 5.91 Å². The number of hydrogen-bond donors (Lipinski definition) is 3. The Morgan fingerprint density at radius 3 is 2.09 bits per heavy atom. The summed E-state index contributed by atoms with van der Waals surface area (Å²) in [6.45, 7) is 1.74. The number of benzene rings is 4. The Morgan fingerprint density at radius 1 is 0.837 bits per heavy atom. The highest BCUT2D eigenvalue weighted by Gasteiger charge is 2.18. The summed E-state index contributed by atoms with van der Waals surface area (Å²) < 4.78 is 5.40. The van der Waals surface area contributed by atoms with Crippen molar-refractivity contribution in [3.05, 3.63) is 130 Å². The number of thioether (sulfide) groups is 1. The zero-order chi connectivity index (χ0) is 30.8. The van der Waals surface area contributed by atoms with Crippen molar-refractivity contribution in [3.8, 4) is 5.75 Å². The van der Waals surface area contributed by atoms with E-state index in [4.69, 9.17) is 4.74 Å². The van der Waals surface area contributed by atoms with Crippen LogP contribution in [0.5, 0.6) is 5.75 Å². The molecule has 218 valence electrons. The lowest BCUT2D eigenvalue weighted by Gasteiger charge is -2.14. The van der Waals surface area contributed by atoms with Crippen LogP contribution in [0.4, 0.5) is 17.1 Å². The first-order valence-electron chi connectivity index (χ1n) is 13.1. The van der Waals surface area contributed by atoms with E-state index >= 15 is 0 Å². The molecule has 0 aliphatic carbocycles. The number of ether oxygens (including phenoxy) is 1. The number of anilines is 2. The molecule has 4 aromatic carbocycles. The average Bonchev–Trinajstić information content (AvgIpc) is 3.02. The molecule has 4 rings (SSSR count). The fourth-order valence-electron chi connectivity index (χ4n) is 3.87. The van der Waals surface area contributed by atoms with Crippen molar-refractivity contribution in [2.75, 3.05) is 17.7 Å². The third-order valence-electron chi connectivity index (χ3n) is 6.11. The predicted octanol–water partition coefficient (Wildman–Crippen LogP) is 6.13. The summed E-state index contributed by atoms with van der Waals surface area (Å²) >= 11 is 1.31. The van der Waals surface area contributed by atoms with E-state index < -0.39 is 22.0 Å². The monoisotopic (exact) mass is 596 g/mol. The number of carbonyl (C=O) groups is 3. The highest BCUT2D eigenvalue weighted by molar-refractivity contribution is 8.00. The molecule has 1 atom stereocenters. The van der Waals surface area contributed by atoms with Gasteiger partial charge in [-0.25, -0.2) is 0 Å². The zero-order valence-corrected chi connectivity index (χ0v) is 24.1. The molecular formula is C32H28N4O6S. The lowest BCUT2D eigenvalue weighted by atomic mass is 10.1. The summed E-state index contributed by atoms with van der Waals surface area (Å²) in [4.78, 5) is 50.0. The number of amides is 3. The Labute approximate surface area is 252 Å². The van der Waals surface area contributed by atoms with Gasteiger partial charge in [-0.3, -0.25) is 24.5 Å². The van der Waals surface area contributed by atoms with Crippen molar-refractivity contribution >= 4 is 52.6 Å². The van der Waals surface area contributed by atoms with E-state index in [9.17, 15) is 24.5 Å². The summed E-state index contributed by atoms with van der Waals surface area (Å²) in [6.07, 6.45) is 1.55. The van der Waals surface area contributed by atoms with Gasteiger partial charge in [0.1, 0.15) is 11.4 Å². The van der Waals surface area contributed by atoms with Crippen molar-refractivity contribution in [2.45, 2.75) is 17.1 Å². The number of carbonyl (C=O) groups excluding carboxylic acids is 3. The number of nitro groups is 1. The molecule has 0 aliphatic heterocycles. The SMILES string of the molecule is COc1ccccc1/C=C(\NC(=O)c1ccccc1)C(=O)Nc1ccc(SC(C)C(=O)Nc2ccc([N+](=O)[O-])cc2)cc1. The van der Waals surface area contributed by atoms with Gasteiger partial charge >= 0.3 is 0 Å². The van der Waals surface area contributed by atoms with Gasteiger partial charge in [-0.15, -0.1) is 11.8 Å². The maximum absolute atomic E-state index is 13.3. The Kier molecular flexibility index (Phi) is 10.3. The number of non-ortho nitro benzene ring substituents is 1. The van der Waals surface area contributed by atoms with E-state index in [1.165, 1.54) is 43.1 Å². The predicted molar refractivity (Wildman–Crippen MR) is 167 cm³/mol. The van der Waals surface area contributed by atoms with Gasteiger partial charge in [0.05, 0.1) is 17.3 Å². The minimum Gasteiger partial charge on any atom is -0.496 e. The van der Waals surface area contributed by atoms with Crippen molar-refractivity contribution in [3.63, 3.8) is 0 Å². The molecule has 0 saturated heterocycles. The van der Waals surface area contributed by atoms with Crippen molar-refractivity contribution < 1.29 is 24.0 Å². The fourth-order valence-corrected chi connectivity index (χ4v) is 4.73. The van der Waals surface area contributed by atoms with Gasteiger partial charge in [-0.1, -0.05) is 36.4 Å². The van der Waals surface area contributed by atoms with Crippen LogP contribution >= 0.6 is 11.8 Å². The van der Waals surface area contributed by atoms with Crippen LogP contribution in [0.1, 0.15) is 22.8 Å². The molecule has 0 heterocycles. The minimum atomic E-state index is -0.536. The molecule has 0 fully saturated rings. The second-order valence-corrected chi connectivity index (χ2v) is 10.6. The lowest BCUT2D eigenvalue weighted by Crippen LogP contribution is -2.30. The fraction of sp³-hybridized carbons (Fsp3) is 0.0938. The average molecular weight is 597 g/mol. The quantitative estimate of drug-likeness (QED) is 0.0819. The highest BCUT2D eigenvalue weighted by Crippen LogP contribution is 2.27. The molecule has 10 nitrogen and oxygen atoms in total. The van der Waals surface area contributed by atoms with Crippen LogP contribution in [-0.2, 0) is 9.59 Å². The first kappa shape index (κ1) is 30.5. The molecule has 1 unspecified atom stereocenters. The smallest absolute Gasteiger partial charge is 0.272 e. The first-order valence-corrected chi connectivity index (χ1v) is 14.0. The number of hydrogen-bond acceptors (Lipinski definition) is 7. The van der Waals surface area contributed by atoms with Crippen LogP contribution < -0.4 is 20.7 Å². The molecule has 11 heteroatoms. The number of nitrogens with one attached hydrogen (secondary N) is 3. The van der Waals surface area contributed by atoms with Crippen molar-refractivity contribution in [1.29, 1.82) is 0 Å². The van der Waals surface area contributed by atoms with Gasteiger partial charge < -0.3 is 20.7 Å². The van der Waals surface area contributed by atoms with Crippen molar-refractivity contribution in [1.82, 2.24) is 5.32 Å². The lowest BCUT2D eigenvalue weighted by molar-refractivity contribution is -0.384. The van der Waals surface area contributed by atoms with Crippen LogP contribution in [-0.4, -0.2) is 35.0 Å². The van der Waals surface area contributed by atoms with Crippen LogP contribution in [0.2, 0.25) is 0 Å². The first-order chi connectivity index (χ1) is 20.7. The third-order valence-corrected chi connectivity index (χ3v) is 7.22. The normalized spacial score (nSPS) is 11.6. The van der Waals surface area contributed by atoms with Gasteiger partial charge in [0, 0.05) is 39.5 Å². The zero-order valence-electron chi connectivity index (χ0n) is 23.3. The van der Waals surface area contributed by atoms with Crippen molar-refractivity contribution in [2.24, 2.45) is 0 Å². The Morgan fingerprint density at radius 2 is 1.44 bits per heavy atom. The van der Waals surface area contributed by atoms with Gasteiger partial charge in [0.25, 0.3) is 17.5 Å². The molecule has 0 radical (unpaired) electrons. The van der Waals surface area contributed by atoms with E-state index in [1.54, 1.807) is 91.9 Å². The second-order valence-electron chi connectivity index (χ2n) is 9.15. The van der Waals surface area contributed by atoms with Gasteiger partial charge in [-0.2, -0.15) is 0 Å². The molecular weight excluding hydrogens is 568 g/mol. The third kappa shape index (κ3) is 8.54. The van der Waals surface area contributed by atoms with Crippen LogP contribution in [0, 0.1) is 10.1 Å². The topological polar surface area (TPSA) is 140 Å². The summed E-state index contributed by atoms with van der Waals surface area (Å²) in [5.41, 5.74) is 1.90. The Hall–Kier alpha value is -5.42. The largest absolute Gasteiger partial charge is 0.496 e. The standard InChI is InChI=1S/C32H28N4O6S/c1-21(30(37)33-24-12-16-26(17-13-24)36(40)41)43-27-18-14-25(15-19-27)34-32(39)28(20-23-10-6-7-11-29(23)42-2)35-31(38)22-8-4-3-5-9-22/h3-21H,1-2H3,(H,33,37)(H,34,39)(H,35,38)/b28-20-. The molecule has 43 heavy (non-hydrogen) atoms. The molecule has 0 aliphatic rings. The van der Waals surface area contributed by atoms with E-state index in [0.29, 0.717) is 28.3 Å². The second kappa shape index (κ2) is 14.5. The van der Waals surface area contributed by atoms with E-state index in [-0.39, 0.29) is 17.3 Å². The van der Waals surface area contributed by atoms with Crippen LogP contribution in [0.25, 0.3) is 6.08 Å². The number of nitrogens with zero attached hydrogens (tertiary/aromatic N) is 1. The molecule has 0 aromatic heterocycles. The summed E-state index contributed by atoms with van der Waals surface area (Å²) in [6, 6.07) is 28.2. The molecule has 0 spiro atoms. The summed E-state index contributed by atoms with van der Waals surface area (Å²) in [5, 5.41) is 18.6. The molecule has 3 amide bonds. The van der Waals surface area contributed by atoms with E-state index in [0.717, 1.165) is 4.90 Å². The summed E-state index contributed by atoms with van der Waals surface area (Å²) in [5.74, 6) is -0.706. The molecule has 0 saturated carbocycles. The highest BCUT2D eigenvalue weighted by atomic mass is 32.2. The van der Waals surface area contributed by atoms with E-state index in [2.05, 4.69) is 16.0 Å². The Balaban J connectivity index is 1.43. The minimum absolute atomic E-state index is 0.0216. The molecule has 4 aromatic rings. The Bertz CT molecular complexity index is 1640. The number of para-hydroxylation sites is 1. The number of methoxy groups -OCH3 is 1. The molecule has 3 N–H and O–H groups in total. The number of nitro benzene ring substituents is 1. The number of rotatable bonds is 11. The van der Waals surface area contributed by atoms with Gasteiger partial charge in [-0.05, 0) is 67.6 Å².